The van der Waals surface area contributed by atoms with Gasteiger partial charge in [-0.1, -0.05) is 12.1 Å². The molecule has 0 aliphatic heterocycles. The Hall–Kier alpha value is -2.64. The van der Waals surface area contributed by atoms with E-state index in [0.717, 1.165) is 5.56 Å². The number of sulfonamides is 1. The van der Waals surface area contributed by atoms with Crippen LogP contribution in [0.15, 0.2) is 70.3 Å². The van der Waals surface area contributed by atoms with Crippen LogP contribution in [0.1, 0.15) is 17.0 Å². The number of benzene rings is 1. The highest BCUT2D eigenvalue weighted by molar-refractivity contribution is 7.89. The van der Waals surface area contributed by atoms with Crippen molar-refractivity contribution in [2.24, 2.45) is 0 Å². The molecule has 0 amide bonds. The number of aromatic nitrogens is 1. The van der Waals surface area contributed by atoms with Gasteiger partial charge in [0.1, 0.15) is 16.4 Å². The molecule has 0 unspecified atom stereocenters. The number of pyridine rings is 1. The predicted molar refractivity (Wildman–Crippen MR) is 97.1 cm³/mol. The Morgan fingerprint density at radius 1 is 1.12 bits per heavy atom. The van der Waals surface area contributed by atoms with Gasteiger partial charge < -0.3 is 9.15 Å². The van der Waals surface area contributed by atoms with E-state index in [9.17, 15) is 8.42 Å². The highest BCUT2D eigenvalue weighted by atomic mass is 32.2. The maximum absolute atomic E-state index is 13.4. The van der Waals surface area contributed by atoms with E-state index in [-0.39, 0.29) is 18.0 Å². The maximum atomic E-state index is 13.4. The minimum absolute atomic E-state index is 0.100. The van der Waals surface area contributed by atoms with E-state index in [1.165, 1.54) is 17.7 Å². The first kappa shape index (κ1) is 18.2. The number of hydrogen-bond donors (Lipinski definition) is 0. The first-order valence-electron chi connectivity index (χ1n) is 8.08. The van der Waals surface area contributed by atoms with Gasteiger partial charge in [0.25, 0.3) is 0 Å². The second kappa shape index (κ2) is 7.72. The van der Waals surface area contributed by atoms with Crippen molar-refractivity contribution in [1.29, 1.82) is 0 Å². The van der Waals surface area contributed by atoms with Crippen LogP contribution < -0.4 is 4.74 Å². The molecule has 26 heavy (non-hydrogen) atoms. The Morgan fingerprint density at radius 3 is 2.62 bits per heavy atom. The summed E-state index contributed by atoms with van der Waals surface area (Å²) in [6.45, 7) is 2.07. The van der Waals surface area contributed by atoms with Crippen LogP contribution in [-0.2, 0) is 23.1 Å². The molecule has 0 spiro atoms. The van der Waals surface area contributed by atoms with Gasteiger partial charge in [0.05, 0.1) is 32.2 Å². The van der Waals surface area contributed by atoms with Crippen LogP contribution in [0.4, 0.5) is 0 Å². The molecule has 3 aromatic rings. The third-order valence-corrected chi connectivity index (χ3v) is 5.73. The molecule has 0 N–H and O–H groups in total. The van der Waals surface area contributed by atoms with E-state index < -0.39 is 10.0 Å². The smallest absolute Gasteiger partial charge is 0.247 e. The van der Waals surface area contributed by atoms with E-state index in [4.69, 9.17) is 9.15 Å². The largest absolute Gasteiger partial charge is 0.495 e. The third kappa shape index (κ3) is 3.95. The van der Waals surface area contributed by atoms with Gasteiger partial charge in [-0.25, -0.2) is 8.42 Å². The van der Waals surface area contributed by atoms with Gasteiger partial charge in [0.15, 0.2) is 0 Å². The fraction of sp³-hybridized carbons (Fsp3) is 0.211. The Kier molecular flexibility index (Phi) is 5.39. The van der Waals surface area contributed by atoms with Crippen LogP contribution in [0.3, 0.4) is 0 Å². The quantitative estimate of drug-likeness (QED) is 0.636. The molecule has 7 heteroatoms. The van der Waals surface area contributed by atoms with Gasteiger partial charge in [0, 0.05) is 6.20 Å². The van der Waals surface area contributed by atoms with Crippen molar-refractivity contribution in [2.45, 2.75) is 24.9 Å². The summed E-state index contributed by atoms with van der Waals surface area (Å²) >= 11 is 0. The third-order valence-electron chi connectivity index (χ3n) is 3.91. The molecular formula is C19H20N2O4S. The molecule has 2 aromatic heterocycles. The summed E-state index contributed by atoms with van der Waals surface area (Å²) in [4.78, 5) is 4.37. The summed E-state index contributed by atoms with van der Waals surface area (Å²) in [5, 5.41) is 0. The lowest BCUT2D eigenvalue weighted by Crippen LogP contribution is -2.30. The molecule has 0 saturated heterocycles. The SMILES string of the molecule is COc1ccc(C)cc1S(=O)(=O)N(Cc1ccccn1)Cc1ccco1. The van der Waals surface area contributed by atoms with Gasteiger partial charge >= 0.3 is 0 Å². The number of ether oxygens (including phenoxy) is 1. The minimum atomic E-state index is -3.83. The lowest BCUT2D eigenvalue weighted by molar-refractivity contribution is 0.350. The van der Waals surface area contributed by atoms with E-state index in [0.29, 0.717) is 17.2 Å². The summed E-state index contributed by atoms with van der Waals surface area (Å²) in [6, 6.07) is 14.0. The molecule has 0 fully saturated rings. The number of hydrogen-bond acceptors (Lipinski definition) is 5. The number of rotatable bonds is 7. The molecule has 136 valence electrons. The van der Waals surface area contributed by atoms with Crippen molar-refractivity contribution in [1.82, 2.24) is 9.29 Å². The van der Waals surface area contributed by atoms with Crippen molar-refractivity contribution in [3.63, 3.8) is 0 Å². The Morgan fingerprint density at radius 2 is 1.96 bits per heavy atom. The molecule has 0 saturated carbocycles. The van der Waals surface area contributed by atoms with Crippen molar-refractivity contribution in [3.05, 3.63) is 78.0 Å². The first-order chi connectivity index (χ1) is 12.5. The van der Waals surface area contributed by atoms with Crippen LogP contribution in [-0.4, -0.2) is 24.8 Å². The Labute approximate surface area is 153 Å². The monoisotopic (exact) mass is 372 g/mol. The summed E-state index contributed by atoms with van der Waals surface area (Å²) in [7, 11) is -2.37. The molecule has 3 rings (SSSR count). The predicted octanol–water partition coefficient (Wildman–Crippen LogP) is 3.38. The van der Waals surface area contributed by atoms with Gasteiger partial charge in [-0.05, 0) is 48.9 Å². The Bertz CT molecular complexity index is 954. The fourth-order valence-corrected chi connectivity index (χ4v) is 4.22. The Balaban J connectivity index is 2.03. The zero-order valence-electron chi connectivity index (χ0n) is 14.6. The lowest BCUT2D eigenvalue weighted by Gasteiger charge is -2.22. The maximum Gasteiger partial charge on any atom is 0.247 e. The molecule has 0 radical (unpaired) electrons. The molecule has 0 aliphatic carbocycles. The molecule has 0 aliphatic rings. The topological polar surface area (TPSA) is 72.6 Å². The number of nitrogens with zero attached hydrogens (tertiary/aromatic N) is 2. The second-order valence-corrected chi connectivity index (χ2v) is 7.73. The highest BCUT2D eigenvalue weighted by Gasteiger charge is 2.29. The van der Waals surface area contributed by atoms with E-state index in [1.54, 1.807) is 42.6 Å². The highest BCUT2D eigenvalue weighted by Crippen LogP contribution is 2.29. The lowest BCUT2D eigenvalue weighted by atomic mass is 10.2. The van der Waals surface area contributed by atoms with Gasteiger partial charge in [-0.15, -0.1) is 0 Å². The number of aryl methyl sites for hydroxylation is 1. The van der Waals surface area contributed by atoms with E-state index >= 15 is 0 Å². The second-order valence-electron chi connectivity index (χ2n) is 5.83. The molecular weight excluding hydrogens is 352 g/mol. The van der Waals surface area contributed by atoms with Crippen LogP contribution in [0.5, 0.6) is 5.75 Å². The summed E-state index contributed by atoms with van der Waals surface area (Å²) in [5.41, 5.74) is 1.48. The molecule has 6 nitrogen and oxygen atoms in total. The molecule has 0 bridgehead atoms. The van der Waals surface area contributed by atoms with Crippen molar-refractivity contribution in [2.75, 3.05) is 7.11 Å². The van der Waals surface area contributed by atoms with Crippen LogP contribution in [0, 0.1) is 6.92 Å². The van der Waals surface area contributed by atoms with E-state index in [2.05, 4.69) is 4.98 Å². The van der Waals surface area contributed by atoms with Crippen molar-refractivity contribution in [3.8, 4) is 5.75 Å². The number of methoxy groups -OCH3 is 1. The van der Waals surface area contributed by atoms with Gasteiger partial charge in [-0.3, -0.25) is 4.98 Å². The zero-order valence-corrected chi connectivity index (χ0v) is 15.4. The van der Waals surface area contributed by atoms with Crippen LogP contribution in [0.2, 0.25) is 0 Å². The van der Waals surface area contributed by atoms with Crippen LogP contribution in [0.25, 0.3) is 0 Å². The average Bonchev–Trinajstić information content (AvgIpc) is 3.15. The normalized spacial score (nSPS) is 11.7. The van der Waals surface area contributed by atoms with E-state index in [1.807, 2.05) is 19.1 Å². The van der Waals surface area contributed by atoms with Gasteiger partial charge in [-0.2, -0.15) is 4.31 Å². The van der Waals surface area contributed by atoms with Crippen LogP contribution >= 0.6 is 0 Å². The summed E-state index contributed by atoms with van der Waals surface area (Å²) in [6.07, 6.45) is 3.16. The van der Waals surface area contributed by atoms with Gasteiger partial charge in [0.2, 0.25) is 10.0 Å². The molecule has 0 atom stereocenters. The first-order valence-corrected chi connectivity index (χ1v) is 9.52. The number of furan rings is 1. The van der Waals surface area contributed by atoms with Crippen molar-refractivity contribution < 1.29 is 17.6 Å². The minimum Gasteiger partial charge on any atom is -0.495 e. The summed E-state index contributed by atoms with van der Waals surface area (Å²) < 4.78 is 38.7. The molecule has 2 heterocycles. The molecule has 1 aromatic carbocycles. The standard InChI is InChI=1S/C19H20N2O4S/c1-15-8-9-18(24-2)19(12-15)26(22,23)21(14-17-7-5-11-25-17)13-16-6-3-4-10-20-16/h3-12H,13-14H2,1-2H3. The average molecular weight is 372 g/mol. The zero-order chi connectivity index (χ0) is 18.6. The van der Waals surface area contributed by atoms with Crippen molar-refractivity contribution >= 4 is 10.0 Å². The fourth-order valence-electron chi connectivity index (χ4n) is 2.60. The summed E-state index contributed by atoms with van der Waals surface area (Å²) in [5.74, 6) is 0.859.